The Balaban J connectivity index is 2.92. The van der Waals surface area contributed by atoms with Gasteiger partial charge in [0.05, 0.1) is 0 Å². The zero-order valence-electron chi connectivity index (χ0n) is 9.95. The lowest BCUT2D eigenvalue weighted by molar-refractivity contribution is -0.830. The predicted octanol–water partition coefficient (Wildman–Crippen LogP) is -0.0141. The maximum atomic E-state index is 11.7. The Bertz CT molecular complexity index is 541. The normalized spacial score (nSPS) is 13.1. The molecule has 0 saturated carbocycles. The summed E-state index contributed by atoms with van der Waals surface area (Å²) in [4.78, 5) is 29.4. The van der Waals surface area contributed by atoms with E-state index in [0.29, 0.717) is 6.08 Å². The molecule has 1 rings (SSSR count). The van der Waals surface area contributed by atoms with Gasteiger partial charge in [-0.15, -0.1) is 0 Å². The van der Waals surface area contributed by atoms with E-state index in [2.05, 4.69) is 0 Å². The maximum absolute atomic E-state index is 11.7. The number of benzene rings is 1. The Morgan fingerprint density at radius 3 is 2.15 bits per heavy atom. The molecular formula is C11H10N2O7. The van der Waals surface area contributed by atoms with Gasteiger partial charge in [0.15, 0.2) is 5.78 Å². The van der Waals surface area contributed by atoms with Gasteiger partial charge in [-0.3, -0.25) is 30.1 Å². The first kappa shape index (κ1) is 15.4. The van der Waals surface area contributed by atoms with Gasteiger partial charge < -0.3 is 5.11 Å². The van der Waals surface area contributed by atoms with E-state index in [1.807, 2.05) is 0 Å². The Labute approximate surface area is 112 Å². The van der Waals surface area contributed by atoms with Crippen LogP contribution in [0.25, 0.3) is 0 Å². The van der Waals surface area contributed by atoms with Gasteiger partial charge in [-0.2, -0.15) is 0 Å². The van der Waals surface area contributed by atoms with Crippen LogP contribution in [0.4, 0.5) is 0 Å². The minimum absolute atomic E-state index is 0.121. The topological polar surface area (TPSA) is 144 Å². The van der Waals surface area contributed by atoms with Crippen molar-refractivity contribution in [3.63, 3.8) is 0 Å². The molecule has 9 heteroatoms. The second kappa shape index (κ2) is 5.99. The van der Waals surface area contributed by atoms with Gasteiger partial charge in [0.2, 0.25) is 0 Å². The van der Waals surface area contributed by atoms with Crippen LogP contribution in [0.3, 0.4) is 0 Å². The number of hydrogen-bond donors (Lipinski definition) is 2. The van der Waals surface area contributed by atoms with Crippen LogP contribution in [0.1, 0.15) is 10.4 Å². The Hall–Kier alpha value is -2.65. The van der Waals surface area contributed by atoms with Gasteiger partial charge >= 0.3 is 5.85 Å². The second-order valence-electron chi connectivity index (χ2n) is 3.74. The number of aliphatic hydroxyl groups excluding tert-OH is 1. The average Bonchev–Trinajstić information content (AvgIpc) is 2.43. The first-order chi connectivity index (χ1) is 9.29. The molecule has 1 atom stereocenters. The summed E-state index contributed by atoms with van der Waals surface area (Å²) >= 11 is 0. The van der Waals surface area contributed by atoms with Crippen LogP contribution in [0, 0.1) is 20.2 Å². The number of nitro groups is 2. The molecule has 0 amide bonds. The fourth-order valence-corrected chi connectivity index (χ4v) is 1.27. The lowest BCUT2D eigenvalue weighted by atomic mass is 10.1. The van der Waals surface area contributed by atoms with Gasteiger partial charge in [0.25, 0.3) is 0 Å². The SMILES string of the molecule is O=C(c1ccccc1)C(O)C=CC(O)([N+](=O)[O-])[N+](=O)[O-]. The average molecular weight is 282 g/mol. The molecular weight excluding hydrogens is 272 g/mol. The monoisotopic (exact) mass is 282 g/mol. The number of hydrogen-bond acceptors (Lipinski definition) is 7. The van der Waals surface area contributed by atoms with E-state index < -0.39 is 27.6 Å². The standard InChI is InChI=1S/C11H10N2O7/c14-9(10(15)8-4-2-1-3-5-8)6-7-11(16,12(17)18)13(19)20/h1-7,9,14,16H. The van der Waals surface area contributed by atoms with Crippen molar-refractivity contribution in [1.29, 1.82) is 0 Å². The van der Waals surface area contributed by atoms with Gasteiger partial charge in [0.1, 0.15) is 22.0 Å². The van der Waals surface area contributed by atoms with Crippen molar-refractivity contribution < 1.29 is 24.9 Å². The van der Waals surface area contributed by atoms with Gasteiger partial charge in [-0.25, -0.2) is 0 Å². The number of Topliss-reactive ketones (excluding diaryl/α,β-unsaturated/α-hetero) is 1. The van der Waals surface area contributed by atoms with E-state index in [0.717, 1.165) is 0 Å². The number of nitrogens with zero attached hydrogens (tertiary/aromatic N) is 2. The van der Waals surface area contributed by atoms with E-state index in [1.54, 1.807) is 6.07 Å². The largest absolute Gasteiger partial charge is 0.597 e. The summed E-state index contributed by atoms with van der Waals surface area (Å²) in [7, 11) is 0. The van der Waals surface area contributed by atoms with Crippen LogP contribution in [-0.4, -0.2) is 37.8 Å². The lowest BCUT2D eigenvalue weighted by Crippen LogP contribution is -2.44. The van der Waals surface area contributed by atoms with Crippen LogP contribution in [0.2, 0.25) is 0 Å². The number of carbonyl (C=O) groups is 1. The molecule has 106 valence electrons. The van der Waals surface area contributed by atoms with E-state index in [9.17, 15) is 30.1 Å². The molecule has 0 saturated heterocycles. The summed E-state index contributed by atoms with van der Waals surface area (Å²) in [6.07, 6.45) is -1.19. The van der Waals surface area contributed by atoms with Crippen molar-refractivity contribution in [1.82, 2.24) is 0 Å². The summed E-state index contributed by atoms with van der Waals surface area (Å²) in [5.41, 5.74) is 0.121. The van der Waals surface area contributed by atoms with Gasteiger partial charge in [0, 0.05) is 5.56 Å². The summed E-state index contributed by atoms with van der Waals surface area (Å²) in [5.74, 6) is -4.39. The fraction of sp³-hybridized carbons (Fsp3) is 0.182. The second-order valence-corrected chi connectivity index (χ2v) is 3.74. The molecule has 0 aliphatic carbocycles. The molecule has 1 aromatic carbocycles. The summed E-state index contributed by atoms with van der Waals surface area (Å²) in [6, 6.07) is 7.50. The highest BCUT2D eigenvalue weighted by Gasteiger charge is 2.52. The van der Waals surface area contributed by atoms with Crippen molar-refractivity contribution in [3.05, 3.63) is 68.3 Å². The molecule has 0 radical (unpaired) electrons. The van der Waals surface area contributed by atoms with Crippen LogP contribution in [0.15, 0.2) is 42.5 Å². The van der Waals surface area contributed by atoms with Crippen molar-refractivity contribution >= 4 is 5.78 Å². The van der Waals surface area contributed by atoms with Crippen molar-refractivity contribution in [3.8, 4) is 0 Å². The zero-order chi connectivity index (χ0) is 15.3. The van der Waals surface area contributed by atoms with Crippen LogP contribution >= 0.6 is 0 Å². The quantitative estimate of drug-likeness (QED) is 0.245. The smallest absolute Gasteiger partial charge is 0.381 e. The molecule has 20 heavy (non-hydrogen) atoms. The number of rotatable bonds is 6. The first-order valence-corrected chi connectivity index (χ1v) is 5.27. The Kier molecular flexibility index (Phi) is 4.62. The highest BCUT2D eigenvalue weighted by atomic mass is 16.7. The van der Waals surface area contributed by atoms with Gasteiger partial charge in [-0.1, -0.05) is 30.3 Å². The molecule has 2 N–H and O–H groups in total. The minimum Gasteiger partial charge on any atom is -0.381 e. The molecule has 0 spiro atoms. The highest BCUT2D eigenvalue weighted by molar-refractivity contribution is 6.00. The molecule has 1 unspecified atom stereocenters. The molecule has 0 fully saturated rings. The first-order valence-electron chi connectivity index (χ1n) is 5.27. The fourth-order valence-electron chi connectivity index (χ4n) is 1.27. The van der Waals surface area contributed by atoms with Crippen molar-refractivity contribution in [2.45, 2.75) is 12.0 Å². The van der Waals surface area contributed by atoms with Crippen LogP contribution < -0.4 is 0 Å². The maximum Gasteiger partial charge on any atom is 0.597 e. The highest BCUT2D eigenvalue weighted by Crippen LogP contribution is 2.11. The van der Waals surface area contributed by atoms with Crippen LogP contribution in [-0.2, 0) is 0 Å². The third-order valence-electron chi connectivity index (χ3n) is 2.37. The third-order valence-corrected chi connectivity index (χ3v) is 2.37. The Morgan fingerprint density at radius 1 is 1.20 bits per heavy atom. The zero-order valence-corrected chi connectivity index (χ0v) is 9.95. The molecule has 0 bridgehead atoms. The number of carbonyl (C=O) groups excluding carboxylic acids is 1. The van der Waals surface area contributed by atoms with Crippen molar-refractivity contribution in [2.24, 2.45) is 0 Å². The van der Waals surface area contributed by atoms with E-state index in [4.69, 9.17) is 5.11 Å². The number of ketones is 1. The summed E-state index contributed by atoms with van der Waals surface area (Å²) in [5, 5.41) is 39.5. The number of aliphatic hydroxyl groups is 2. The van der Waals surface area contributed by atoms with Crippen molar-refractivity contribution in [2.75, 3.05) is 0 Å². The van der Waals surface area contributed by atoms with E-state index in [1.165, 1.54) is 24.3 Å². The molecule has 0 aliphatic rings. The Morgan fingerprint density at radius 2 is 1.70 bits per heavy atom. The third kappa shape index (κ3) is 3.22. The minimum atomic E-state index is -3.59. The summed E-state index contributed by atoms with van der Waals surface area (Å²) in [6.45, 7) is 0. The predicted molar refractivity (Wildman–Crippen MR) is 64.9 cm³/mol. The molecule has 0 aliphatic heterocycles. The molecule has 9 nitrogen and oxygen atoms in total. The van der Waals surface area contributed by atoms with Gasteiger partial charge in [-0.05, 0) is 6.08 Å². The lowest BCUT2D eigenvalue weighted by Gasteiger charge is -2.07. The molecule has 1 aromatic rings. The summed E-state index contributed by atoms with van der Waals surface area (Å²) < 4.78 is 0. The molecule has 0 aromatic heterocycles. The molecule has 0 heterocycles. The van der Waals surface area contributed by atoms with E-state index in [-0.39, 0.29) is 11.6 Å². The van der Waals surface area contributed by atoms with E-state index >= 15 is 0 Å². The van der Waals surface area contributed by atoms with Crippen LogP contribution in [0.5, 0.6) is 0 Å².